The van der Waals surface area contributed by atoms with Crippen molar-refractivity contribution in [3.05, 3.63) is 18.2 Å². The number of hydrogen-bond donors (Lipinski definition) is 2. The fraction of sp³-hybridized carbons (Fsp3) is 0.500. The van der Waals surface area contributed by atoms with Gasteiger partial charge in [0.15, 0.2) is 5.17 Å². The Hall–Kier alpha value is -0.970. The van der Waals surface area contributed by atoms with Crippen LogP contribution in [0.1, 0.15) is 24.6 Å². The normalized spacial score (nSPS) is 16.0. The Morgan fingerprint density at radius 1 is 1.77 bits per heavy atom. The van der Waals surface area contributed by atoms with Crippen LogP contribution in [0.2, 0.25) is 0 Å². The predicted molar refractivity (Wildman–Crippen MR) is 53.7 cm³/mol. The summed E-state index contributed by atoms with van der Waals surface area (Å²) < 4.78 is 2.19. The van der Waals surface area contributed by atoms with Gasteiger partial charge in [-0.05, 0) is 12.8 Å². The first-order chi connectivity index (χ1) is 6.27. The van der Waals surface area contributed by atoms with E-state index in [1.807, 2.05) is 12.5 Å². The highest BCUT2D eigenvalue weighted by molar-refractivity contribution is 8.13. The highest BCUT2D eigenvalue weighted by Gasteiger charge is 2.24. The predicted octanol–water partition coefficient (Wildman–Crippen LogP) is 1.34. The summed E-state index contributed by atoms with van der Waals surface area (Å²) in [4.78, 5) is 4.10. The summed E-state index contributed by atoms with van der Waals surface area (Å²) in [5, 5.41) is 7.27. The maximum absolute atomic E-state index is 7.10. The van der Waals surface area contributed by atoms with Gasteiger partial charge < -0.3 is 10.3 Å². The molecule has 0 spiro atoms. The Balaban J connectivity index is 2.02. The van der Waals surface area contributed by atoms with Crippen molar-refractivity contribution in [2.45, 2.75) is 24.6 Å². The number of hydrogen-bond acceptors (Lipinski definition) is 3. The van der Waals surface area contributed by atoms with Crippen molar-refractivity contribution >= 4 is 16.9 Å². The summed E-state index contributed by atoms with van der Waals surface area (Å²) in [7, 11) is 0. The first-order valence-corrected chi connectivity index (χ1v) is 5.23. The summed E-state index contributed by atoms with van der Waals surface area (Å²) in [6.07, 6.45) is 6.24. The van der Waals surface area contributed by atoms with Gasteiger partial charge in [-0.1, -0.05) is 11.8 Å². The van der Waals surface area contributed by atoms with Gasteiger partial charge in [0, 0.05) is 23.7 Å². The molecule has 1 heterocycles. The third kappa shape index (κ3) is 2.03. The molecule has 0 amide bonds. The van der Waals surface area contributed by atoms with Crippen LogP contribution in [0.15, 0.2) is 12.5 Å². The second-order valence-corrected chi connectivity index (χ2v) is 4.19. The van der Waals surface area contributed by atoms with E-state index in [2.05, 4.69) is 9.55 Å². The van der Waals surface area contributed by atoms with E-state index < -0.39 is 0 Å². The Kier molecular flexibility index (Phi) is 2.26. The molecule has 1 aromatic heterocycles. The molecule has 0 saturated heterocycles. The molecule has 0 aliphatic heterocycles. The molecule has 1 aliphatic rings. The fourth-order valence-electron chi connectivity index (χ4n) is 1.28. The molecule has 5 heteroatoms. The monoisotopic (exact) mass is 196 g/mol. The third-order valence-corrected chi connectivity index (χ3v) is 2.81. The summed E-state index contributed by atoms with van der Waals surface area (Å²) in [5.41, 5.74) is 6.44. The molecular weight excluding hydrogens is 184 g/mol. The SMILES string of the molecule is N=C(N)SCc1cncn1C1CC1. The van der Waals surface area contributed by atoms with E-state index >= 15 is 0 Å². The molecule has 0 aromatic carbocycles. The van der Waals surface area contributed by atoms with Crippen LogP contribution in [-0.4, -0.2) is 14.7 Å². The van der Waals surface area contributed by atoms with Gasteiger partial charge in [-0.3, -0.25) is 5.41 Å². The number of nitrogens with zero attached hydrogens (tertiary/aromatic N) is 2. The zero-order valence-electron chi connectivity index (χ0n) is 7.23. The van der Waals surface area contributed by atoms with Crippen LogP contribution in [0.25, 0.3) is 0 Å². The molecule has 0 bridgehead atoms. The lowest BCUT2D eigenvalue weighted by atomic mass is 10.5. The van der Waals surface area contributed by atoms with E-state index in [1.165, 1.54) is 30.3 Å². The first kappa shape index (κ1) is 8.62. The fourth-order valence-corrected chi connectivity index (χ4v) is 1.80. The molecule has 0 radical (unpaired) electrons. The van der Waals surface area contributed by atoms with Gasteiger partial charge in [0.05, 0.1) is 6.33 Å². The molecule has 70 valence electrons. The minimum Gasteiger partial charge on any atom is -0.379 e. The molecule has 3 N–H and O–H groups in total. The van der Waals surface area contributed by atoms with E-state index in [0.717, 1.165) is 5.75 Å². The Morgan fingerprint density at radius 2 is 2.54 bits per heavy atom. The maximum Gasteiger partial charge on any atom is 0.151 e. The summed E-state index contributed by atoms with van der Waals surface area (Å²) in [5.74, 6) is 0.756. The number of imidazole rings is 1. The van der Waals surface area contributed by atoms with Crippen molar-refractivity contribution in [2.75, 3.05) is 0 Å². The van der Waals surface area contributed by atoms with Crippen LogP contribution in [0.4, 0.5) is 0 Å². The lowest BCUT2D eigenvalue weighted by Gasteiger charge is -2.04. The highest BCUT2D eigenvalue weighted by atomic mass is 32.2. The lowest BCUT2D eigenvalue weighted by molar-refractivity contribution is 0.714. The van der Waals surface area contributed by atoms with E-state index in [0.29, 0.717) is 6.04 Å². The van der Waals surface area contributed by atoms with Gasteiger partial charge in [0.2, 0.25) is 0 Å². The molecule has 0 atom stereocenters. The zero-order valence-corrected chi connectivity index (χ0v) is 8.05. The second kappa shape index (κ2) is 3.41. The smallest absolute Gasteiger partial charge is 0.151 e. The van der Waals surface area contributed by atoms with Crippen molar-refractivity contribution in [3.8, 4) is 0 Å². The Morgan fingerprint density at radius 3 is 3.15 bits per heavy atom. The molecule has 13 heavy (non-hydrogen) atoms. The standard InChI is InChI=1S/C8H12N4S/c9-8(10)13-4-7-3-11-5-12(7)6-1-2-6/h3,5-6H,1-2,4H2,(H3,9,10). The summed E-state index contributed by atoms with van der Waals surface area (Å²) in [6.45, 7) is 0. The van der Waals surface area contributed by atoms with E-state index in [4.69, 9.17) is 11.1 Å². The van der Waals surface area contributed by atoms with Gasteiger partial charge in [0.1, 0.15) is 0 Å². The molecule has 0 unspecified atom stereocenters. The molecule has 2 rings (SSSR count). The lowest BCUT2D eigenvalue weighted by Crippen LogP contribution is -2.05. The van der Waals surface area contributed by atoms with Crippen molar-refractivity contribution in [3.63, 3.8) is 0 Å². The minimum absolute atomic E-state index is 0.170. The third-order valence-electron chi connectivity index (χ3n) is 2.06. The van der Waals surface area contributed by atoms with Crippen LogP contribution in [0.5, 0.6) is 0 Å². The molecule has 1 fully saturated rings. The van der Waals surface area contributed by atoms with Crippen molar-refractivity contribution in [1.82, 2.24) is 9.55 Å². The van der Waals surface area contributed by atoms with Crippen LogP contribution in [0, 0.1) is 5.41 Å². The maximum atomic E-state index is 7.10. The number of nitrogens with one attached hydrogen (secondary N) is 1. The molecular formula is C8H12N4S. The topological polar surface area (TPSA) is 67.7 Å². The van der Waals surface area contributed by atoms with Gasteiger partial charge in [-0.2, -0.15) is 0 Å². The van der Waals surface area contributed by atoms with Crippen LogP contribution < -0.4 is 5.73 Å². The van der Waals surface area contributed by atoms with Crippen molar-refractivity contribution in [1.29, 1.82) is 5.41 Å². The molecule has 4 nitrogen and oxygen atoms in total. The average molecular weight is 196 g/mol. The van der Waals surface area contributed by atoms with E-state index in [-0.39, 0.29) is 5.17 Å². The summed E-state index contributed by atoms with van der Waals surface area (Å²) in [6, 6.07) is 0.657. The minimum atomic E-state index is 0.170. The van der Waals surface area contributed by atoms with E-state index in [9.17, 15) is 0 Å². The van der Waals surface area contributed by atoms with Gasteiger partial charge in [-0.25, -0.2) is 4.98 Å². The number of thioether (sulfide) groups is 1. The Bertz CT molecular complexity index is 316. The highest BCUT2D eigenvalue weighted by Crippen LogP contribution is 2.36. The molecule has 1 saturated carbocycles. The molecule has 1 aliphatic carbocycles. The van der Waals surface area contributed by atoms with E-state index in [1.54, 1.807) is 0 Å². The Labute approximate surface area is 81.0 Å². The van der Waals surface area contributed by atoms with Gasteiger partial charge in [-0.15, -0.1) is 0 Å². The zero-order chi connectivity index (χ0) is 9.26. The molecule has 1 aromatic rings. The van der Waals surface area contributed by atoms with Gasteiger partial charge >= 0.3 is 0 Å². The quantitative estimate of drug-likeness (QED) is 0.566. The number of amidine groups is 1. The van der Waals surface area contributed by atoms with Crippen LogP contribution in [-0.2, 0) is 5.75 Å². The van der Waals surface area contributed by atoms with Gasteiger partial charge in [0.25, 0.3) is 0 Å². The number of rotatable bonds is 3. The second-order valence-electron chi connectivity index (χ2n) is 3.18. The van der Waals surface area contributed by atoms with Crippen molar-refractivity contribution in [2.24, 2.45) is 5.73 Å². The average Bonchev–Trinajstić information content (AvgIpc) is 2.82. The van der Waals surface area contributed by atoms with Crippen LogP contribution in [0.3, 0.4) is 0 Å². The van der Waals surface area contributed by atoms with Crippen LogP contribution >= 0.6 is 11.8 Å². The van der Waals surface area contributed by atoms with Crippen molar-refractivity contribution < 1.29 is 0 Å². The largest absolute Gasteiger partial charge is 0.379 e. The number of aromatic nitrogens is 2. The number of nitrogens with two attached hydrogens (primary N) is 1. The first-order valence-electron chi connectivity index (χ1n) is 4.25. The summed E-state index contributed by atoms with van der Waals surface area (Å²) >= 11 is 1.35.